The maximum absolute atomic E-state index is 5.18. The fraction of sp³-hybridized carbons (Fsp3) is 0.400. The van der Waals surface area contributed by atoms with Crippen molar-refractivity contribution in [3.63, 3.8) is 0 Å². The van der Waals surface area contributed by atoms with Crippen LogP contribution in [0.25, 0.3) is 11.2 Å². The molecule has 0 aromatic carbocycles. The van der Waals surface area contributed by atoms with E-state index in [9.17, 15) is 0 Å². The van der Waals surface area contributed by atoms with Crippen LogP contribution in [0.2, 0.25) is 0 Å². The molecule has 0 aliphatic rings. The van der Waals surface area contributed by atoms with E-state index in [0.29, 0.717) is 5.65 Å². The van der Waals surface area contributed by atoms with Gasteiger partial charge in [0.25, 0.3) is 0 Å². The molecule has 2 heterocycles. The van der Waals surface area contributed by atoms with Gasteiger partial charge in [-0.1, -0.05) is 20.8 Å². The topological polar surface area (TPSA) is 38.9 Å². The minimum atomic E-state index is 0.105. The van der Waals surface area contributed by atoms with Crippen molar-refractivity contribution in [2.24, 2.45) is 0 Å². The molecule has 0 aliphatic heterocycles. The zero-order chi connectivity index (χ0) is 9.47. The van der Waals surface area contributed by atoms with Crippen LogP contribution in [-0.4, -0.2) is 9.97 Å². The first kappa shape index (κ1) is 8.23. The lowest BCUT2D eigenvalue weighted by Gasteiger charge is -2.17. The molecule has 0 radical (unpaired) electrons. The second kappa shape index (κ2) is 2.55. The minimum Gasteiger partial charge on any atom is -0.442 e. The number of hydrogen-bond donors (Lipinski definition) is 0. The van der Waals surface area contributed by atoms with Gasteiger partial charge in [0, 0.05) is 6.20 Å². The Morgan fingerprint density at radius 1 is 1.23 bits per heavy atom. The van der Waals surface area contributed by atoms with E-state index in [2.05, 4.69) is 30.7 Å². The molecule has 3 heteroatoms. The van der Waals surface area contributed by atoms with Crippen LogP contribution in [0.15, 0.2) is 23.1 Å². The lowest BCUT2D eigenvalue weighted by Crippen LogP contribution is -2.11. The summed E-state index contributed by atoms with van der Waals surface area (Å²) in [6.07, 6.45) is 3.27. The average Bonchev–Trinajstić information content (AvgIpc) is 2.47. The highest BCUT2D eigenvalue weighted by Crippen LogP contribution is 2.23. The molecule has 0 bridgehead atoms. The average molecular weight is 176 g/mol. The number of aromatic nitrogens is 2. The van der Waals surface area contributed by atoms with Crippen molar-refractivity contribution in [3.8, 4) is 0 Å². The first-order valence-corrected chi connectivity index (χ1v) is 4.27. The van der Waals surface area contributed by atoms with Gasteiger partial charge >= 0.3 is 0 Å². The summed E-state index contributed by atoms with van der Waals surface area (Å²) in [7, 11) is 0. The van der Waals surface area contributed by atoms with Crippen LogP contribution in [-0.2, 0) is 5.41 Å². The van der Waals surface area contributed by atoms with Gasteiger partial charge in [-0.2, -0.15) is 4.98 Å². The van der Waals surface area contributed by atoms with Gasteiger partial charge < -0.3 is 4.42 Å². The molecular weight excluding hydrogens is 164 g/mol. The Hall–Kier alpha value is -1.38. The fourth-order valence-corrected chi connectivity index (χ4v) is 1.16. The van der Waals surface area contributed by atoms with E-state index in [1.807, 2.05) is 12.3 Å². The normalized spacial score (nSPS) is 12.2. The van der Waals surface area contributed by atoms with Crippen molar-refractivity contribution in [3.05, 3.63) is 24.2 Å². The minimum absolute atomic E-state index is 0.105. The van der Waals surface area contributed by atoms with Gasteiger partial charge in [0.15, 0.2) is 17.6 Å². The zero-order valence-electron chi connectivity index (χ0n) is 8.03. The first-order valence-electron chi connectivity index (χ1n) is 4.27. The summed E-state index contributed by atoms with van der Waals surface area (Å²) in [4.78, 5) is 8.17. The Morgan fingerprint density at radius 2 is 2.00 bits per heavy atom. The van der Waals surface area contributed by atoms with Crippen LogP contribution in [0.1, 0.15) is 26.3 Å². The van der Waals surface area contributed by atoms with E-state index in [0.717, 1.165) is 11.1 Å². The Balaban J connectivity index is 2.61. The molecule has 0 N–H and O–H groups in total. The van der Waals surface area contributed by atoms with Crippen LogP contribution in [0.5, 0.6) is 0 Å². The van der Waals surface area contributed by atoms with Crippen molar-refractivity contribution in [2.75, 3.05) is 0 Å². The summed E-state index contributed by atoms with van der Waals surface area (Å²) < 4.78 is 5.18. The monoisotopic (exact) mass is 176 g/mol. The molecule has 0 saturated carbocycles. The summed E-state index contributed by atoms with van der Waals surface area (Å²) in [5.41, 5.74) is 2.70. The SMILES string of the molecule is CC(C)(C)c1cnc2ncoc2c1. The highest BCUT2D eigenvalue weighted by Gasteiger charge is 2.15. The maximum Gasteiger partial charge on any atom is 0.198 e. The number of pyridine rings is 1. The molecular formula is C10H12N2O. The van der Waals surface area contributed by atoms with E-state index in [4.69, 9.17) is 4.42 Å². The van der Waals surface area contributed by atoms with Crippen molar-refractivity contribution < 1.29 is 4.42 Å². The van der Waals surface area contributed by atoms with E-state index >= 15 is 0 Å². The summed E-state index contributed by atoms with van der Waals surface area (Å²) in [6.45, 7) is 6.44. The molecule has 0 fully saturated rings. The third-order valence-corrected chi connectivity index (χ3v) is 2.05. The summed E-state index contributed by atoms with van der Waals surface area (Å²) in [6, 6.07) is 2.00. The molecule has 2 rings (SSSR count). The Morgan fingerprint density at radius 3 is 2.69 bits per heavy atom. The van der Waals surface area contributed by atoms with Crippen LogP contribution in [0, 0.1) is 0 Å². The van der Waals surface area contributed by atoms with Gasteiger partial charge in [0.2, 0.25) is 0 Å². The quantitative estimate of drug-likeness (QED) is 0.619. The smallest absolute Gasteiger partial charge is 0.198 e. The summed E-state index contributed by atoms with van der Waals surface area (Å²) >= 11 is 0. The molecule has 0 unspecified atom stereocenters. The maximum atomic E-state index is 5.18. The Bertz CT molecular complexity index is 426. The number of hydrogen-bond acceptors (Lipinski definition) is 3. The van der Waals surface area contributed by atoms with Gasteiger partial charge in [-0.25, -0.2) is 4.98 Å². The standard InChI is InChI=1S/C10H12N2O/c1-10(2,3)7-4-8-9(11-5-7)12-6-13-8/h4-6H,1-3H3. The lowest BCUT2D eigenvalue weighted by molar-refractivity contribution is 0.578. The number of fused-ring (bicyclic) bond motifs is 1. The molecule has 0 spiro atoms. The molecule has 3 nitrogen and oxygen atoms in total. The van der Waals surface area contributed by atoms with E-state index in [1.54, 1.807) is 0 Å². The third kappa shape index (κ3) is 1.41. The highest BCUT2D eigenvalue weighted by molar-refractivity contribution is 5.67. The van der Waals surface area contributed by atoms with Crippen molar-refractivity contribution in [1.82, 2.24) is 9.97 Å². The predicted molar refractivity (Wildman–Crippen MR) is 50.5 cm³/mol. The van der Waals surface area contributed by atoms with Crippen LogP contribution in [0.3, 0.4) is 0 Å². The van der Waals surface area contributed by atoms with Gasteiger partial charge in [0.05, 0.1) is 0 Å². The molecule has 0 amide bonds. The van der Waals surface area contributed by atoms with Gasteiger partial charge in [-0.15, -0.1) is 0 Å². The molecule has 2 aromatic rings. The fourth-order valence-electron chi connectivity index (χ4n) is 1.16. The Labute approximate surface area is 76.8 Å². The molecule has 13 heavy (non-hydrogen) atoms. The summed E-state index contributed by atoms with van der Waals surface area (Å²) in [5, 5.41) is 0. The number of nitrogens with zero attached hydrogens (tertiary/aromatic N) is 2. The first-order chi connectivity index (χ1) is 6.07. The van der Waals surface area contributed by atoms with Gasteiger partial charge in [0.1, 0.15) is 0 Å². The van der Waals surface area contributed by atoms with Crippen LogP contribution in [0.4, 0.5) is 0 Å². The Kier molecular flexibility index (Phi) is 1.62. The predicted octanol–water partition coefficient (Wildman–Crippen LogP) is 2.52. The molecule has 0 saturated heterocycles. The highest BCUT2D eigenvalue weighted by atomic mass is 16.3. The summed E-state index contributed by atoms with van der Waals surface area (Å²) in [5.74, 6) is 0. The molecule has 68 valence electrons. The van der Waals surface area contributed by atoms with E-state index < -0.39 is 0 Å². The largest absolute Gasteiger partial charge is 0.442 e. The second-order valence-corrected chi connectivity index (χ2v) is 4.15. The number of oxazole rings is 1. The lowest BCUT2D eigenvalue weighted by atomic mass is 9.88. The molecule has 0 atom stereocenters. The van der Waals surface area contributed by atoms with E-state index in [1.165, 1.54) is 6.39 Å². The van der Waals surface area contributed by atoms with E-state index in [-0.39, 0.29) is 5.41 Å². The zero-order valence-corrected chi connectivity index (χ0v) is 8.03. The van der Waals surface area contributed by atoms with Crippen LogP contribution >= 0.6 is 0 Å². The molecule has 0 aliphatic carbocycles. The van der Waals surface area contributed by atoms with Crippen molar-refractivity contribution in [2.45, 2.75) is 26.2 Å². The number of rotatable bonds is 0. The van der Waals surface area contributed by atoms with Gasteiger partial charge in [-0.3, -0.25) is 0 Å². The van der Waals surface area contributed by atoms with Crippen molar-refractivity contribution >= 4 is 11.2 Å². The third-order valence-electron chi connectivity index (χ3n) is 2.05. The molecule has 2 aromatic heterocycles. The van der Waals surface area contributed by atoms with Crippen LogP contribution < -0.4 is 0 Å². The van der Waals surface area contributed by atoms with Gasteiger partial charge in [-0.05, 0) is 17.0 Å². The van der Waals surface area contributed by atoms with Crippen molar-refractivity contribution in [1.29, 1.82) is 0 Å². The second-order valence-electron chi connectivity index (χ2n) is 4.15.